The first-order valence-corrected chi connectivity index (χ1v) is 13.0. The number of piperidine rings is 1. The second kappa shape index (κ2) is 11.8. The van der Waals surface area contributed by atoms with E-state index in [2.05, 4.69) is 56.2 Å². The Morgan fingerprint density at radius 3 is 2.43 bits per heavy atom. The molecule has 2 fully saturated rings. The van der Waals surface area contributed by atoms with Crippen LogP contribution in [0.3, 0.4) is 0 Å². The first kappa shape index (κ1) is 25.3. The highest BCUT2D eigenvalue weighted by Crippen LogP contribution is 2.22. The Labute approximate surface area is 213 Å². The smallest absolute Gasteiger partial charge is 0.290 e. The van der Waals surface area contributed by atoms with Gasteiger partial charge in [0.05, 0.1) is 9.91 Å². The monoisotopic (exact) mass is 496 g/mol. The van der Waals surface area contributed by atoms with Crippen LogP contribution in [0.2, 0.25) is 0 Å². The fourth-order valence-electron chi connectivity index (χ4n) is 4.90. The molecule has 0 spiro atoms. The summed E-state index contributed by atoms with van der Waals surface area (Å²) in [4.78, 5) is 23.3. The normalized spacial score (nSPS) is 17.4. The molecule has 0 bridgehead atoms. The lowest BCUT2D eigenvalue weighted by molar-refractivity contribution is -0.385. The van der Waals surface area contributed by atoms with Gasteiger partial charge in [-0.3, -0.25) is 15.0 Å². The molecule has 0 saturated carbocycles. The van der Waals surface area contributed by atoms with Gasteiger partial charge in [-0.2, -0.15) is 0 Å². The number of hydrogen-bond donors (Lipinski definition) is 1. The molecule has 0 atom stereocenters. The first-order valence-electron chi connectivity index (χ1n) is 12.6. The summed E-state index contributed by atoms with van der Waals surface area (Å²) < 4.78 is 0. The number of nitrogens with one attached hydrogen (secondary N) is 1. The summed E-state index contributed by atoms with van der Waals surface area (Å²) in [6.07, 6.45) is 5.38. The minimum Gasteiger partial charge on any atom is -0.369 e. The van der Waals surface area contributed by atoms with Crippen molar-refractivity contribution in [1.29, 1.82) is 0 Å². The highest BCUT2D eigenvalue weighted by Gasteiger charge is 2.22. The Bertz CT molecular complexity index is 1020. The van der Waals surface area contributed by atoms with Gasteiger partial charge in [-0.15, -0.1) is 0 Å². The maximum absolute atomic E-state index is 11.0. The van der Waals surface area contributed by atoms with E-state index in [9.17, 15) is 10.1 Å². The molecule has 0 radical (unpaired) electrons. The van der Waals surface area contributed by atoms with Crippen molar-refractivity contribution in [2.45, 2.75) is 45.6 Å². The average molecular weight is 497 g/mol. The molecule has 1 N–H and O–H groups in total. The van der Waals surface area contributed by atoms with Gasteiger partial charge in [0.25, 0.3) is 5.69 Å². The summed E-state index contributed by atoms with van der Waals surface area (Å²) in [7, 11) is 0. The predicted octanol–water partition coefficient (Wildman–Crippen LogP) is 4.41. The van der Waals surface area contributed by atoms with Crippen LogP contribution >= 0.6 is 12.2 Å². The lowest BCUT2D eigenvalue weighted by atomic mass is 10.0. The van der Waals surface area contributed by atoms with E-state index in [1.54, 1.807) is 13.0 Å². The number of likely N-dealkylation sites (tertiary alicyclic amines) is 1. The molecule has 0 amide bonds. The third-order valence-electron chi connectivity index (χ3n) is 7.12. The van der Waals surface area contributed by atoms with E-state index >= 15 is 0 Å². The van der Waals surface area contributed by atoms with Crippen molar-refractivity contribution in [3.8, 4) is 0 Å². The van der Waals surface area contributed by atoms with E-state index in [0.717, 1.165) is 76.5 Å². The Morgan fingerprint density at radius 1 is 1.11 bits per heavy atom. The molecule has 1 aromatic carbocycles. The van der Waals surface area contributed by atoms with E-state index < -0.39 is 4.92 Å². The molecule has 4 rings (SSSR count). The van der Waals surface area contributed by atoms with Gasteiger partial charge in [0.2, 0.25) is 0 Å². The Hall–Kier alpha value is -2.78. The molecule has 9 heteroatoms. The molecule has 0 aliphatic carbocycles. The Morgan fingerprint density at radius 2 is 1.80 bits per heavy atom. The number of benzene rings is 1. The maximum Gasteiger partial charge on any atom is 0.290 e. The zero-order chi connectivity index (χ0) is 24.8. The van der Waals surface area contributed by atoms with Crippen molar-refractivity contribution in [3.63, 3.8) is 0 Å². The third-order valence-corrected chi connectivity index (χ3v) is 7.58. The highest BCUT2D eigenvalue weighted by atomic mass is 32.1. The van der Waals surface area contributed by atoms with E-state index in [4.69, 9.17) is 12.2 Å². The third kappa shape index (κ3) is 6.89. The minimum atomic E-state index is -0.392. The minimum absolute atomic E-state index is 0.0591. The van der Waals surface area contributed by atoms with Crippen LogP contribution in [0.4, 0.5) is 17.2 Å². The van der Waals surface area contributed by atoms with Gasteiger partial charge in [0, 0.05) is 56.6 Å². The fraction of sp³-hybridized carbons (Fsp3) is 0.538. The summed E-state index contributed by atoms with van der Waals surface area (Å²) in [5.41, 5.74) is 3.32. The number of piperazine rings is 1. The molecule has 3 heterocycles. The zero-order valence-electron chi connectivity index (χ0n) is 20.8. The number of anilines is 2. The van der Waals surface area contributed by atoms with Crippen molar-refractivity contribution in [2.24, 2.45) is 0 Å². The second-order valence-electron chi connectivity index (χ2n) is 9.68. The van der Waals surface area contributed by atoms with Crippen LogP contribution in [0.25, 0.3) is 0 Å². The number of nitrogens with zero attached hydrogens (tertiary/aromatic N) is 5. The summed E-state index contributed by atoms with van der Waals surface area (Å²) in [6.45, 7) is 11.2. The highest BCUT2D eigenvalue weighted by molar-refractivity contribution is 7.80. The number of rotatable bonds is 8. The lowest BCUT2D eigenvalue weighted by Gasteiger charge is -2.37. The van der Waals surface area contributed by atoms with Crippen molar-refractivity contribution >= 4 is 34.4 Å². The Balaban J connectivity index is 1.13. The van der Waals surface area contributed by atoms with Crippen LogP contribution in [-0.4, -0.2) is 76.6 Å². The maximum atomic E-state index is 11.0. The zero-order valence-corrected chi connectivity index (χ0v) is 21.6. The average Bonchev–Trinajstić information content (AvgIpc) is 2.85. The van der Waals surface area contributed by atoms with Crippen LogP contribution in [0, 0.1) is 24.0 Å². The quantitative estimate of drug-likeness (QED) is 0.327. The molecular formula is C26H36N6O2S. The van der Waals surface area contributed by atoms with Crippen molar-refractivity contribution < 1.29 is 4.92 Å². The standard InChI is InChI=1S/C26H36N6O2S/c1-20-5-7-23(8-6-20)30-16-14-29(15-17-30)11-3-4-26(35)31-12-9-22(10-13-31)28-25-18-21(2)24(19-27-25)32(33)34/h5-8,18-19,22H,3-4,9-17H2,1-2H3,(H,27,28). The lowest BCUT2D eigenvalue weighted by Crippen LogP contribution is -2.47. The topological polar surface area (TPSA) is 77.8 Å². The van der Waals surface area contributed by atoms with E-state index in [0.29, 0.717) is 17.4 Å². The van der Waals surface area contributed by atoms with E-state index in [1.807, 2.05) is 0 Å². The van der Waals surface area contributed by atoms with Gasteiger partial charge >= 0.3 is 0 Å². The molecular weight excluding hydrogens is 460 g/mol. The fourth-order valence-corrected chi connectivity index (χ4v) is 5.23. The summed E-state index contributed by atoms with van der Waals surface area (Å²) >= 11 is 5.76. The molecule has 0 unspecified atom stereocenters. The second-order valence-corrected chi connectivity index (χ2v) is 10.2. The molecule has 2 aromatic rings. The van der Waals surface area contributed by atoms with Crippen LogP contribution in [0.1, 0.15) is 36.8 Å². The van der Waals surface area contributed by atoms with Gasteiger partial charge in [-0.1, -0.05) is 29.9 Å². The number of thiocarbonyl (C=S) groups is 1. The summed E-state index contributed by atoms with van der Waals surface area (Å²) in [6, 6.07) is 10.9. The Kier molecular flexibility index (Phi) is 8.51. The SMILES string of the molecule is Cc1ccc(N2CCN(CCCC(=S)N3CCC(Nc4cc(C)c([N+](=O)[O-])cn4)CC3)CC2)cc1. The predicted molar refractivity (Wildman–Crippen MR) is 146 cm³/mol. The van der Waals surface area contributed by atoms with Gasteiger partial charge < -0.3 is 15.1 Å². The van der Waals surface area contributed by atoms with Crippen molar-refractivity contribution in [3.05, 3.63) is 57.8 Å². The molecule has 8 nitrogen and oxygen atoms in total. The molecule has 1 aromatic heterocycles. The number of pyridine rings is 1. The van der Waals surface area contributed by atoms with Gasteiger partial charge in [-0.05, 0) is 64.3 Å². The molecule has 188 valence electrons. The molecule has 35 heavy (non-hydrogen) atoms. The van der Waals surface area contributed by atoms with E-state index in [1.165, 1.54) is 17.4 Å². The molecule has 2 aliphatic heterocycles. The largest absolute Gasteiger partial charge is 0.369 e. The number of hydrogen-bond acceptors (Lipinski definition) is 7. The summed E-state index contributed by atoms with van der Waals surface area (Å²) in [5, 5.41) is 14.4. The number of nitro groups is 1. The van der Waals surface area contributed by atoms with Crippen molar-refractivity contribution in [2.75, 3.05) is 56.0 Å². The first-order chi connectivity index (χ1) is 16.9. The molecule has 2 aliphatic rings. The van der Waals surface area contributed by atoms with Gasteiger partial charge in [0.1, 0.15) is 12.0 Å². The summed E-state index contributed by atoms with van der Waals surface area (Å²) in [5.74, 6) is 0.705. The molecule has 2 saturated heterocycles. The van der Waals surface area contributed by atoms with E-state index in [-0.39, 0.29) is 5.69 Å². The van der Waals surface area contributed by atoms with Crippen LogP contribution in [0.5, 0.6) is 0 Å². The van der Waals surface area contributed by atoms with Crippen molar-refractivity contribution in [1.82, 2.24) is 14.8 Å². The van der Waals surface area contributed by atoms with Gasteiger partial charge in [-0.25, -0.2) is 4.98 Å². The van der Waals surface area contributed by atoms with Crippen LogP contribution in [-0.2, 0) is 0 Å². The van der Waals surface area contributed by atoms with Gasteiger partial charge in [0.15, 0.2) is 0 Å². The van der Waals surface area contributed by atoms with Crippen LogP contribution in [0.15, 0.2) is 36.5 Å². The number of aryl methyl sites for hydroxylation is 2. The number of aromatic nitrogens is 1. The van der Waals surface area contributed by atoms with Crippen LogP contribution < -0.4 is 10.2 Å².